The topological polar surface area (TPSA) is 9.72 Å². The van der Waals surface area contributed by atoms with Gasteiger partial charge in [-0.1, -0.05) is 121 Å². The number of thiophene rings is 1. The highest BCUT2D eigenvalue weighted by atomic mass is 32.1. The molecule has 0 atom stereocenters. The van der Waals surface area contributed by atoms with E-state index in [1.54, 1.807) is 0 Å². The van der Waals surface area contributed by atoms with Gasteiger partial charge >= 0.3 is 0 Å². The van der Waals surface area contributed by atoms with Crippen LogP contribution in [0.1, 0.15) is 0 Å². The van der Waals surface area contributed by atoms with Crippen molar-refractivity contribution in [3.63, 3.8) is 0 Å². The van der Waals surface area contributed by atoms with Crippen LogP contribution in [-0.4, -0.2) is 0 Å². The summed E-state index contributed by atoms with van der Waals surface area (Å²) in [5.41, 5.74) is 12.3. The van der Waals surface area contributed by atoms with Gasteiger partial charge in [0.1, 0.15) is 0 Å². The van der Waals surface area contributed by atoms with E-state index in [4.69, 9.17) is 0 Å². The molecule has 0 bridgehead atoms. The summed E-state index contributed by atoms with van der Waals surface area (Å²) >= 11 is 1.85. The van der Waals surface area contributed by atoms with E-state index in [2.05, 4.69) is 251 Å². The van der Waals surface area contributed by atoms with Gasteiger partial charge < -0.3 is 14.7 Å². The fraction of sp³-hybridized carbons (Fsp3) is 0. The number of fused-ring (bicyclic) bond motifs is 3. The molecular weight excluding hydrogens is 723 g/mol. The second-order valence-corrected chi connectivity index (χ2v) is 15.3. The Labute approximate surface area is 343 Å². The highest BCUT2D eigenvalue weighted by Crippen LogP contribution is 2.47. The second kappa shape index (κ2) is 15.6. The van der Waals surface area contributed by atoms with Crippen molar-refractivity contribution in [3.05, 3.63) is 237 Å². The number of anilines is 9. The molecule has 0 aliphatic rings. The van der Waals surface area contributed by atoms with Crippen molar-refractivity contribution in [1.82, 2.24) is 0 Å². The average Bonchev–Trinajstić information content (AvgIpc) is 3.67. The molecule has 0 fully saturated rings. The maximum atomic E-state index is 2.39. The minimum absolute atomic E-state index is 1.08. The Bertz CT molecular complexity index is 2850. The maximum Gasteiger partial charge on any atom is 0.0702 e. The van der Waals surface area contributed by atoms with E-state index in [9.17, 15) is 0 Å². The Morgan fingerprint density at radius 2 is 0.569 bits per heavy atom. The van der Waals surface area contributed by atoms with Crippen molar-refractivity contribution >= 4 is 82.7 Å². The third kappa shape index (κ3) is 6.76. The smallest absolute Gasteiger partial charge is 0.0702 e. The minimum atomic E-state index is 1.08. The fourth-order valence-electron chi connectivity index (χ4n) is 7.92. The first-order valence-electron chi connectivity index (χ1n) is 19.6. The molecule has 0 unspecified atom stereocenters. The van der Waals surface area contributed by atoms with Crippen LogP contribution in [0, 0.1) is 0 Å². The van der Waals surface area contributed by atoms with Gasteiger partial charge in [0.2, 0.25) is 0 Å². The van der Waals surface area contributed by atoms with Crippen LogP contribution in [0.5, 0.6) is 0 Å². The summed E-state index contributed by atoms with van der Waals surface area (Å²) in [6.45, 7) is 0. The number of hydrogen-bond acceptors (Lipinski definition) is 4. The summed E-state index contributed by atoms with van der Waals surface area (Å²) in [5.74, 6) is 0. The molecule has 4 heteroatoms. The highest BCUT2D eigenvalue weighted by Gasteiger charge is 2.22. The molecule has 1 aromatic heterocycles. The third-order valence-corrected chi connectivity index (χ3v) is 11.8. The third-order valence-electron chi connectivity index (χ3n) is 10.6. The summed E-state index contributed by atoms with van der Waals surface area (Å²) in [5, 5.41) is 2.51. The lowest BCUT2D eigenvalue weighted by molar-refractivity contribution is 1.23. The predicted octanol–water partition coefficient (Wildman–Crippen LogP) is 16.1. The van der Waals surface area contributed by atoms with Crippen molar-refractivity contribution in [2.75, 3.05) is 14.7 Å². The number of para-hydroxylation sites is 7. The Hall–Kier alpha value is -7.40. The molecule has 0 aliphatic heterocycles. The standard InChI is InChI=1S/C54H39N3S/c1-6-18-42(19-7-1)55(43-20-8-2-9-21-43)47-33-30-40(31-34-47)41-32-36-53-49(38-41)50-39-48(35-37-54(50)58-53)57(46-26-14-5-15-27-46)52-29-17-16-28-51(52)56(44-22-10-3-11-23-44)45-24-12-4-13-25-45/h1-39H. The number of hydrogen-bond donors (Lipinski definition) is 0. The molecule has 10 rings (SSSR count). The van der Waals surface area contributed by atoms with E-state index in [0.717, 1.165) is 51.2 Å². The Morgan fingerprint density at radius 1 is 0.241 bits per heavy atom. The summed E-state index contributed by atoms with van der Waals surface area (Å²) in [6, 6.07) is 84.6. The average molecular weight is 762 g/mol. The zero-order valence-electron chi connectivity index (χ0n) is 31.8. The normalized spacial score (nSPS) is 11.1. The van der Waals surface area contributed by atoms with Crippen molar-refractivity contribution in [1.29, 1.82) is 0 Å². The minimum Gasteiger partial charge on any atom is -0.311 e. The second-order valence-electron chi connectivity index (χ2n) is 14.2. The van der Waals surface area contributed by atoms with Crippen molar-refractivity contribution in [3.8, 4) is 11.1 Å². The summed E-state index contributed by atoms with van der Waals surface area (Å²) in [6.07, 6.45) is 0. The van der Waals surface area contributed by atoms with Crippen LogP contribution in [0.15, 0.2) is 237 Å². The molecule has 1 heterocycles. The van der Waals surface area contributed by atoms with Gasteiger partial charge in [-0.25, -0.2) is 0 Å². The van der Waals surface area contributed by atoms with Gasteiger partial charge in [0.15, 0.2) is 0 Å². The van der Waals surface area contributed by atoms with Gasteiger partial charge in [0.05, 0.1) is 11.4 Å². The van der Waals surface area contributed by atoms with Crippen molar-refractivity contribution in [2.45, 2.75) is 0 Å². The molecule has 0 amide bonds. The first-order chi connectivity index (χ1) is 28.8. The molecule has 0 spiro atoms. The molecule has 58 heavy (non-hydrogen) atoms. The Morgan fingerprint density at radius 3 is 1.03 bits per heavy atom. The Kier molecular flexibility index (Phi) is 9.44. The van der Waals surface area contributed by atoms with E-state index in [0.29, 0.717) is 0 Å². The van der Waals surface area contributed by atoms with Crippen molar-refractivity contribution < 1.29 is 0 Å². The van der Waals surface area contributed by atoms with Crippen LogP contribution in [0.3, 0.4) is 0 Å². The molecular formula is C54H39N3S. The molecule has 10 aromatic rings. The van der Waals surface area contributed by atoms with Gasteiger partial charge in [-0.2, -0.15) is 0 Å². The quantitative estimate of drug-likeness (QED) is 0.137. The highest BCUT2D eigenvalue weighted by molar-refractivity contribution is 7.25. The summed E-state index contributed by atoms with van der Waals surface area (Å²) in [4.78, 5) is 7.04. The van der Waals surface area contributed by atoms with E-state index in [-0.39, 0.29) is 0 Å². The molecule has 0 aliphatic carbocycles. The summed E-state index contributed by atoms with van der Waals surface area (Å²) in [7, 11) is 0. The zero-order chi connectivity index (χ0) is 38.7. The van der Waals surface area contributed by atoms with Crippen LogP contribution in [0.25, 0.3) is 31.3 Å². The first-order valence-corrected chi connectivity index (χ1v) is 20.4. The Balaban J connectivity index is 1.07. The number of benzene rings is 9. The van der Waals surface area contributed by atoms with Gasteiger partial charge in [-0.05, 0) is 126 Å². The lowest BCUT2D eigenvalue weighted by atomic mass is 10.0. The molecule has 276 valence electrons. The number of nitrogens with zero attached hydrogens (tertiary/aromatic N) is 3. The van der Waals surface area contributed by atoms with Crippen LogP contribution < -0.4 is 14.7 Å². The largest absolute Gasteiger partial charge is 0.311 e. The van der Waals surface area contributed by atoms with Crippen LogP contribution in [-0.2, 0) is 0 Å². The van der Waals surface area contributed by atoms with E-state index in [1.165, 1.54) is 31.3 Å². The molecule has 0 saturated heterocycles. The first kappa shape index (κ1) is 35.0. The monoisotopic (exact) mass is 761 g/mol. The SMILES string of the molecule is c1ccc(N(c2ccccc2)c2ccc(-c3ccc4sc5ccc(N(c6ccccc6)c6ccccc6N(c6ccccc6)c6ccccc6)cc5c4c3)cc2)cc1. The zero-order valence-corrected chi connectivity index (χ0v) is 32.6. The van der Waals surface area contributed by atoms with Crippen molar-refractivity contribution in [2.24, 2.45) is 0 Å². The van der Waals surface area contributed by atoms with Gasteiger partial charge in [-0.3, -0.25) is 0 Å². The fourth-order valence-corrected chi connectivity index (χ4v) is 8.98. The molecule has 0 saturated carbocycles. The van der Waals surface area contributed by atoms with Gasteiger partial charge in [-0.15, -0.1) is 11.3 Å². The molecule has 0 N–H and O–H groups in total. The lowest BCUT2D eigenvalue weighted by Gasteiger charge is -2.33. The van der Waals surface area contributed by atoms with Gasteiger partial charge in [0, 0.05) is 60.0 Å². The van der Waals surface area contributed by atoms with E-state index >= 15 is 0 Å². The molecule has 3 nitrogen and oxygen atoms in total. The summed E-state index contributed by atoms with van der Waals surface area (Å²) < 4.78 is 2.54. The molecule has 9 aromatic carbocycles. The lowest BCUT2D eigenvalue weighted by Crippen LogP contribution is -2.16. The van der Waals surface area contributed by atoms with Crippen LogP contribution in [0.2, 0.25) is 0 Å². The predicted molar refractivity (Wildman–Crippen MR) is 249 cm³/mol. The van der Waals surface area contributed by atoms with Crippen LogP contribution in [0.4, 0.5) is 51.2 Å². The van der Waals surface area contributed by atoms with E-state index < -0.39 is 0 Å². The number of rotatable bonds is 10. The van der Waals surface area contributed by atoms with Crippen LogP contribution >= 0.6 is 11.3 Å². The van der Waals surface area contributed by atoms with E-state index in [1.807, 2.05) is 11.3 Å². The maximum absolute atomic E-state index is 2.39. The molecule has 0 radical (unpaired) electrons. The van der Waals surface area contributed by atoms with Gasteiger partial charge in [0.25, 0.3) is 0 Å².